The minimum atomic E-state index is -0.171. The van der Waals surface area contributed by atoms with Crippen molar-refractivity contribution < 1.29 is 4.79 Å². The molecule has 0 fully saturated rings. The van der Waals surface area contributed by atoms with Crippen LogP contribution in [-0.2, 0) is 0 Å². The molecule has 1 atom stereocenters. The average Bonchev–Trinajstić information content (AvgIpc) is 2.25. The first-order valence-electron chi connectivity index (χ1n) is 5.71. The molecule has 2 amide bonds. The van der Waals surface area contributed by atoms with Crippen LogP contribution in [0.3, 0.4) is 0 Å². The number of fused-ring (bicyclic) bond motifs is 1. The summed E-state index contributed by atoms with van der Waals surface area (Å²) in [5.41, 5.74) is 4.04. The van der Waals surface area contributed by atoms with E-state index in [0.29, 0.717) is 0 Å². The average molecular weight is 231 g/mol. The zero-order valence-corrected chi connectivity index (χ0v) is 10.6. The second-order valence-electron chi connectivity index (χ2n) is 4.59. The Kier molecular flexibility index (Phi) is 2.88. The van der Waals surface area contributed by atoms with Crippen molar-refractivity contribution in [3.8, 4) is 0 Å². The Bertz CT molecular complexity index is 489. The number of carbonyl (C=O) groups excluding carboxylic acids is 1. The van der Waals surface area contributed by atoms with Crippen molar-refractivity contribution in [1.29, 1.82) is 0 Å². The maximum absolute atomic E-state index is 11.9. The summed E-state index contributed by atoms with van der Waals surface area (Å²) >= 11 is 0. The van der Waals surface area contributed by atoms with Gasteiger partial charge in [0.2, 0.25) is 0 Å². The van der Waals surface area contributed by atoms with Crippen LogP contribution >= 0.6 is 0 Å². The molecule has 4 nitrogen and oxygen atoms in total. The first-order valence-corrected chi connectivity index (χ1v) is 5.71. The number of hydrazone groups is 1. The van der Waals surface area contributed by atoms with E-state index in [1.807, 2.05) is 39.8 Å². The standard InChI is InChI=1S/C13H17N3O/c1-8(2)15-16-10(4)11-7-9(3)5-6-12(11)14-13(16)17/h5-7,10H,1-4H3,(H,14,17). The Morgan fingerprint density at radius 2 is 2.12 bits per heavy atom. The molecule has 0 saturated carbocycles. The number of rotatable bonds is 1. The van der Waals surface area contributed by atoms with Crippen LogP contribution in [0.1, 0.15) is 37.9 Å². The Balaban J connectivity index is 2.45. The monoisotopic (exact) mass is 231 g/mol. The van der Waals surface area contributed by atoms with Crippen molar-refractivity contribution in [3.63, 3.8) is 0 Å². The summed E-state index contributed by atoms with van der Waals surface area (Å²) in [7, 11) is 0. The Morgan fingerprint density at radius 3 is 2.76 bits per heavy atom. The summed E-state index contributed by atoms with van der Waals surface area (Å²) in [5.74, 6) is 0. The van der Waals surface area contributed by atoms with Gasteiger partial charge in [-0.25, -0.2) is 9.80 Å². The molecular weight excluding hydrogens is 214 g/mol. The van der Waals surface area contributed by atoms with Crippen LogP contribution in [0.5, 0.6) is 0 Å². The summed E-state index contributed by atoms with van der Waals surface area (Å²) in [4.78, 5) is 11.9. The largest absolute Gasteiger partial charge is 0.342 e. The van der Waals surface area contributed by atoms with Gasteiger partial charge in [-0.15, -0.1) is 0 Å². The maximum atomic E-state index is 11.9. The van der Waals surface area contributed by atoms with Crippen molar-refractivity contribution in [2.24, 2.45) is 5.10 Å². The van der Waals surface area contributed by atoms with Gasteiger partial charge < -0.3 is 5.32 Å². The van der Waals surface area contributed by atoms with Crippen molar-refractivity contribution in [2.75, 3.05) is 5.32 Å². The molecule has 0 aliphatic carbocycles. The molecule has 1 aliphatic rings. The van der Waals surface area contributed by atoms with E-state index in [0.717, 1.165) is 17.0 Å². The normalized spacial score (nSPS) is 18.5. The van der Waals surface area contributed by atoms with Gasteiger partial charge in [0.15, 0.2) is 0 Å². The van der Waals surface area contributed by atoms with E-state index in [9.17, 15) is 4.79 Å². The van der Waals surface area contributed by atoms with Crippen LogP contribution < -0.4 is 5.32 Å². The molecule has 1 N–H and O–H groups in total. The zero-order chi connectivity index (χ0) is 12.6. The van der Waals surface area contributed by atoms with E-state index in [-0.39, 0.29) is 12.1 Å². The van der Waals surface area contributed by atoms with Crippen molar-refractivity contribution in [3.05, 3.63) is 29.3 Å². The van der Waals surface area contributed by atoms with Gasteiger partial charge in [-0.2, -0.15) is 5.10 Å². The third kappa shape index (κ3) is 2.16. The van der Waals surface area contributed by atoms with Gasteiger partial charge in [-0.1, -0.05) is 17.7 Å². The lowest BCUT2D eigenvalue weighted by Crippen LogP contribution is -2.38. The highest BCUT2D eigenvalue weighted by Gasteiger charge is 2.29. The number of urea groups is 1. The highest BCUT2D eigenvalue weighted by molar-refractivity contribution is 5.94. The molecule has 1 aromatic rings. The molecule has 1 unspecified atom stereocenters. The lowest BCUT2D eigenvalue weighted by atomic mass is 10.0. The number of benzene rings is 1. The van der Waals surface area contributed by atoms with Gasteiger partial charge in [0, 0.05) is 17.0 Å². The molecule has 0 bridgehead atoms. The molecule has 2 rings (SSSR count). The molecule has 4 heteroatoms. The third-order valence-corrected chi connectivity index (χ3v) is 2.78. The first kappa shape index (κ1) is 11.6. The van der Waals surface area contributed by atoms with Gasteiger partial charge in [0.05, 0.1) is 6.04 Å². The SMILES string of the molecule is CC(C)=NN1C(=O)Nc2ccc(C)cc2C1C. The fraction of sp³-hybridized carbons (Fsp3) is 0.385. The van der Waals surface area contributed by atoms with Crippen molar-refractivity contribution in [1.82, 2.24) is 5.01 Å². The lowest BCUT2D eigenvalue weighted by molar-refractivity contribution is 0.193. The number of nitrogens with one attached hydrogen (secondary N) is 1. The van der Waals surface area contributed by atoms with Gasteiger partial charge >= 0.3 is 6.03 Å². The van der Waals surface area contributed by atoms with E-state index in [4.69, 9.17) is 0 Å². The lowest BCUT2D eigenvalue weighted by Gasteiger charge is -2.32. The van der Waals surface area contributed by atoms with Gasteiger partial charge in [0.1, 0.15) is 0 Å². The van der Waals surface area contributed by atoms with E-state index in [2.05, 4.69) is 16.5 Å². The van der Waals surface area contributed by atoms with Crippen molar-refractivity contribution in [2.45, 2.75) is 33.7 Å². The van der Waals surface area contributed by atoms with Crippen LogP contribution in [0.2, 0.25) is 0 Å². The highest BCUT2D eigenvalue weighted by atomic mass is 16.2. The Hall–Kier alpha value is -1.84. The zero-order valence-electron chi connectivity index (χ0n) is 10.6. The quantitative estimate of drug-likeness (QED) is 0.740. The molecule has 0 radical (unpaired) electrons. The fourth-order valence-corrected chi connectivity index (χ4v) is 1.97. The number of anilines is 1. The summed E-state index contributed by atoms with van der Waals surface area (Å²) in [5, 5.41) is 8.61. The number of carbonyl (C=O) groups is 1. The fourth-order valence-electron chi connectivity index (χ4n) is 1.97. The summed E-state index contributed by atoms with van der Waals surface area (Å²) in [6.07, 6.45) is 0. The Morgan fingerprint density at radius 1 is 1.41 bits per heavy atom. The molecule has 0 saturated heterocycles. The van der Waals surface area contributed by atoms with E-state index in [1.165, 1.54) is 10.6 Å². The Labute approximate surface area is 101 Å². The van der Waals surface area contributed by atoms with Crippen LogP contribution in [-0.4, -0.2) is 16.8 Å². The smallest absolute Gasteiger partial charge is 0.306 e. The predicted molar refractivity (Wildman–Crippen MR) is 69.2 cm³/mol. The molecular formula is C13H17N3O. The summed E-state index contributed by atoms with van der Waals surface area (Å²) < 4.78 is 0. The molecule has 1 aromatic carbocycles. The van der Waals surface area contributed by atoms with Crippen LogP contribution in [0.25, 0.3) is 0 Å². The van der Waals surface area contributed by atoms with Gasteiger partial charge in [-0.05, 0) is 33.8 Å². The second kappa shape index (κ2) is 4.20. The number of amides is 2. The van der Waals surface area contributed by atoms with E-state index in [1.54, 1.807) is 0 Å². The molecule has 17 heavy (non-hydrogen) atoms. The van der Waals surface area contributed by atoms with Crippen LogP contribution in [0, 0.1) is 6.92 Å². The van der Waals surface area contributed by atoms with E-state index < -0.39 is 0 Å². The van der Waals surface area contributed by atoms with Gasteiger partial charge in [0.25, 0.3) is 0 Å². The minimum absolute atomic E-state index is 0.0338. The highest BCUT2D eigenvalue weighted by Crippen LogP contribution is 2.33. The number of nitrogens with zero attached hydrogens (tertiary/aromatic N) is 2. The number of hydrogen-bond donors (Lipinski definition) is 1. The van der Waals surface area contributed by atoms with E-state index >= 15 is 0 Å². The molecule has 90 valence electrons. The van der Waals surface area contributed by atoms with Gasteiger partial charge in [-0.3, -0.25) is 0 Å². The molecule has 0 aromatic heterocycles. The summed E-state index contributed by atoms with van der Waals surface area (Å²) in [6.45, 7) is 7.79. The molecule has 1 aliphatic heterocycles. The molecule has 1 heterocycles. The molecule has 0 spiro atoms. The minimum Gasteiger partial charge on any atom is -0.306 e. The number of hydrogen-bond acceptors (Lipinski definition) is 2. The topological polar surface area (TPSA) is 44.7 Å². The number of aryl methyl sites for hydroxylation is 1. The first-order chi connectivity index (χ1) is 7.99. The summed E-state index contributed by atoms with van der Waals surface area (Å²) in [6, 6.07) is 5.82. The van der Waals surface area contributed by atoms with Crippen LogP contribution in [0.15, 0.2) is 23.3 Å². The van der Waals surface area contributed by atoms with Crippen LogP contribution in [0.4, 0.5) is 10.5 Å². The van der Waals surface area contributed by atoms with Crippen molar-refractivity contribution >= 4 is 17.4 Å². The third-order valence-electron chi connectivity index (χ3n) is 2.78. The second-order valence-corrected chi connectivity index (χ2v) is 4.59. The predicted octanol–water partition coefficient (Wildman–Crippen LogP) is 3.30. The maximum Gasteiger partial charge on any atom is 0.342 e.